The molecule has 0 saturated heterocycles. The Kier molecular flexibility index (Phi) is 4.31. The second-order valence-corrected chi connectivity index (χ2v) is 2.20. The smallest absolute Gasteiger partial charge is 0.406 e. The van der Waals surface area contributed by atoms with Crippen molar-refractivity contribution in [3.63, 3.8) is 0 Å². The van der Waals surface area contributed by atoms with Crippen molar-refractivity contribution >= 4 is 0 Å². The van der Waals surface area contributed by atoms with E-state index >= 15 is 0 Å². The van der Waals surface area contributed by atoms with E-state index in [1.807, 2.05) is 0 Å². The van der Waals surface area contributed by atoms with Crippen LogP contribution in [0.1, 0.15) is 13.3 Å². The highest BCUT2D eigenvalue weighted by Crippen LogP contribution is 2.24. The fourth-order valence-electron chi connectivity index (χ4n) is 0.782. The van der Waals surface area contributed by atoms with Crippen molar-refractivity contribution < 1.29 is 17.9 Å². The first kappa shape index (κ1) is 11.8. The molecule has 0 aromatic carbocycles. The van der Waals surface area contributed by atoms with Crippen molar-refractivity contribution in [2.45, 2.75) is 19.7 Å². The first-order valence-electron chi connectivity index (χ1n) is 3.68. The number of halogens is 3. The molecule has 0 unspecified atom stereocenters. The van der Waals surface area contributed by atoms with E-state index in [0.29, 0.717) is 12.0 Å². The minimum absolute atomic E-state index is 0.287. The molecule has 0 aromatic heterocycles. The van der Waals surface area contributed by atoms with Gasteiger partial charge in [-0.15, -0.1) is 13.2 Å². The molecule has 0 aromatic rings. The van der Waals surface area contributed by atoms with Crippen LogP contribution < -0.4 is 0 Å². The molecule has 0 aliphatic heterocycles. The fraction of sp³-hybridized carbons (Fsp3) is 0.333. The third-order valence-corrected chi connectivity index (χ3v) is 1.35. The summed E-state index contributed by atoms with van der Waals surface area (Å²) >= 11 is 0. The number of hydrogen-bond acceptors (Lipinski definition) is 1. The van der Waals surface area contributed by atoms with Gasteiger partial charge in [0.2, 0.25) is 0 Å². The molecule has 0 heterocycles. The minimum Gasteiger partial charge on any atom is -0.406 e. The van der Waals surface area contributed by atoms with E-state index in [9.17, 15) is 13.2 Å². The van der Waals surface area contributed by atoms with Crippen molar-refractivity contribution in [2.75, 3.05) is 0 Å². The summed E-state index contributed by atoms with van der Waals surface area (Å²) in [6.45, 7) is 8.32. The van der Waals surface area contributed by atoms with Gasteiger partial charge in [-0.3, -0.25) is 0 Å². The van der Waals surface area contributed by atoms with E-state index in [4.69, 9.17) is 0 Å². The van der Waals surface area contributed by atoms with Crippen LogP contribution in [0, 0.1) is 0 Å². The Morgan fingerprint density at radius 3 is 2.08 bits per heavy atom. The first-order valence-corrected chi connectivity index (χ1v) is 3.68. The molecule has 0 fully saturated rings. The van der Waals surface area contributed by atoms with E-state index in [2.05, 4.69) is 17.9 Å². The van der Waals surface area contributed by atoms with Crippen LogP contribution in [-0.4, -0.2) is 6.36 Å². The van der Waals surface area contributed by atoms with Crippen LogP contribution in [0.15, 0.2) is 36.6 Å². The zero-order valence-electron chi connectivity index (χ0n) is 7.32. The highest BCUT2D eigenvalue weighted by molar-refractivity contribution is 5.26. The summed E-state index contributed by atoms with van der Waals surface area (Å²) < 4.78 is 39.1. The van der Waals surface area contributed by atoms with Crippen LogP contribution in [0.25, 0.3) is 0 Å². The van der Waals surface area contributed by atoms with Crippen LogP contribution in [0.3, 0.4) is 0 Å². The van der Waals surface area contributed by atoms with Crippen molar-refractivity contribution in [1.82, 2.24) is 0 Å². The first-order chi connectivity index (χ1) is 5.94. The largest absolute Gasteiger partial charge is 0.573 e. The number of rotatable bonds is 4. The van der Waals surface area contributed by atoms with Gasteiger partial charge in [0.25, 0.3) is 0 Å². The van der Waals surface area contributed by atoms with Crippen molar-refractivity contribution in [2.24, 2.45) is 0 Å². The molecular formula is C9H11F3O. The lowest BCUT2D eigenvalue weighted by atomic mass is 10.1. The normalized spacial score (nSPS) is 13.2. The SMILES string of the molecule is C=C/C(CC)=C(\C=C)OC(F)(F)F. The van der Waals surface area contributed by atoms with Crippen molar-refractivity contribution in [1.29, 1.82) is 0 Å². The molecule has 4 heteroatoms. The molecule has 74 valence electrons. The maximum Gasteiger partial charge on any atom is 0.573 e. The molecule has 0 N–H and O–H groups in total. The highest BCUT2D eigenvalue weighted by atomic mass is 19.4. The predicted octanol–water partition coefficient (Wildman–Crippen LogP) is 3.56. The summed E-state index contributed by atoms with van der Waals surface area (Å²) in [4.78, 5) is 0. The van der Waals surface area contributed by atoms with E-state index < -0.39 is 6.36 Å². The van der Waals surface area contributed by atoms with Gasteiger partial charge in [0.05, 0.1) is 0 Å². The maximum absolute atomic E-state index is 11.8. The average Bonchev–Trinajstić information content (AvgIpc) is 2.02. The molecule has 0 aliphatic rings. The number of ether oxygens (including phenoxy) is 1. The fourth-order valence-corrected chi connectivity index (χ4v) is 0.782. The molecule has 0 rings (SSSR count). The third-order valence-electron chi connectivity index (χ3n) is 1.35. The molecule has 0 radical (unpaired) electrons. The summed E-state index contributed by atoms with van der Waals surface area (Å²) in [5.74, 6) is -0.287. The van der Waals surface area contributed by atoms with Crippen molar-refractivity contribution in [3.8, 4) is 0 Å². The molecule has 0 amide bonds. The zero-order valence-corrected chi connectivity index (χ0v) is 7.32. The molecule has 0 saturated carbocycles. The summed E-state index contributed by atoms with van der Waals surface area (Å²) in [6, 6.07) is 0. The van der Waals surface area contributed by atoms with E-state index in [1.54, 1.807) is 6.92 Å². The Bertz CT molecular complexity index is 226. The van der Waals surface area contributed by atoms with E-state index in [0.717, 1.165) is 6.08 Å². The standard InChI is InChI=1S/C9H11F3O/c1-4-7(5-2)8(6-3)13-9(10,11)12/h4,6H,1,3,5H2,2H3/b8-7-. The second kappa shape index (κ2) is 4.74. The third kappa shape index (κ3) is 4.40. The van der Waals surface area contributed by atoms with Crippen molar-refractivity contribution in [3.05, 3.63) is 36.6 Å². The summed E-state index contributed by atoms with van der Waals surface area (Å²) in [6.07, 6.45) is -1.91. The maximum atomic E-state index is 11.8. The Balaban J connectivity index is 4.77. The lowest BCUT2D eigenvalue weighted by Gasteiger charge is -2.11. The minimum atomic E-state index is -4.67. The van der Waals surface area contributed by atoms with Gasteiger partial charge >= 0.3 is 6.36 Å². The van der Waals surface area contributed by atoms with E-state index in [-0.39, 0.29) is 5.76 Å². The van der Waals surface area contributed by atoms with Gasteiger partial charge in [0.1, 0.15) is 5.76 Å². The van der Waals surface area contributed by atoms with Crippen LogP contribution in [0.5, 0.6) is 0 Å². The Morgan fingerprint density at radius 2 is 1.85 bits per heavy atom. The van der Waals surface area contributed by atoms with Crippen LogP contribution >= 0.6 is 0 Å². The average molecular weight is 192 g/mol. The lowest BCUT2D eigenvalue weighted by molar-refractivity contribution is -0.303. The quantitative estimate of drug-likeness (QED) is 0.488. The summed E-state index contributed by atoms with van der Waals surface area (Å²) in [5, 5.41) is 0. The Labute approximate surface area is 75.2 Å². The van der Waals surface area contributed by atoms with Gasteiger partial charge in [0, 0.05) is 0 Å². The molecular weight excluding hydrogens is 181 g/mol. The molecule has 0 atom stereocenters. The topological polar surface area (TPSA) is 9.23 Å². The van der Waals surface area contributed by atoms with Gasteiger partial charge < -0.3 is 4.74 Å². The molecule has 0 aliphatic carbocycles. The van der Waals surface area contributed by atoms with Crippen LogP contribution in [-0.2, 0) is 4.74 Å². The Morgan fingerprint density at radius 1 is 1.31 bits per heavy atom. The van der Waals surface area contributed by atoms with Gasteiger partial charge in [-0.2, -0.15) is 0 Å². The number of hydrogen-bond donors (Lipinski definition) is 0. The predicted molar refractivity (Wildman–Crippen MR) is 44.9 cm³/mol. The lowest BCUT2D eigenvalue weighted by Crippen LogP contribution is -2.13. The van der Waals surface area contributed by atoms with Crippen LogP contribution in [0.4, 0.5) is 13.2 Å². The number of allylic oxidation sites excluding steroid dienone is 3. The van der Waals surface area contributed by atoms with E-state index in [1.165, 1.54) is 6.08 Å². The highest BCUT2D eigenvalue weighted by Gasteiger charge is 2.31. The zero-order chi connectivity index (χ0) is 10.5. The molecule has 1 nitrogen and oxygen atoms in total. The van der Waals surface area contributed by atoms with Gasteiger partial charge in [-0.25, -0.2) is 0 Å². The Hall–Kier alpha value is -1.19. The number of alkyl halides is 3. The van der Waals surface area contributed by atoms with Crippen LogP contribution in [0.2, 0.25) is 0 Å². The monoisotopic (exact) mass is 192 g/mol. The molecule has 0 spiro atoms. The second-order valence-electron chi connectivity index (χ2n) is 2.20. The van der Waals surface area contributed by atoms with Gasteiger partial charge in [0.15, 0.2) is 0 Å². The molecule has 13 heavy (non-hydrogen) atoms. The molecule has 0 bridgehead atoms. The summed E-state index contributed by atoms with van der Waals surface area (Å²) in [5.41, 5.74) is 0.382. The summed E-state index contributed by atoms with van der Waals surface area (Å²) in [7, 11) is 0. The van der Waals surface area contributed by atoms with Gasteiger partial charge in [-0.1, -0.05) is 26.2 Å². The van der Waals surface area contributed by atoms with Gasteiger partial charge in [-0.05, 0) is 18.1 Å².